The summed E-state index contributed by atoms with van der Waals surface area (Å²) in [6.45, 7) is 2.70. The van der Waals surface area contributed by atoms with Crippen molar-refractivity contribution in [2.45, 2.75) is 26.1 Å². The second kappa shape index (κ2) is 6.16. The summed E-state index contributed by atoms with van der Waals surface area (Å²) in [5, 5.41) is 18.1. The Morgan fingerprint density at radius 1 is 1.50 bits per heavy atom. The molecular weight excluding hydrogens is 349 g/mol. The Morgan fingerprint density at radius 2 is 2.12 bits per heavy atom. The summed E-state index contributed by atoms with van der Waals surface area (Å²) < 4.78 is 40.7. The quantitative estimate of drug-likeness (QED) is 0.911. The summed E-state index contributed by atoms with van der Waals surface area (Å²) in [6.07, 6.45) is -3.46. The first-order chi connectivity index (χ1) is 11.1. The molecule has 0 saturated heterocycles. The van der Waals surface area contributed by atoms with Crippen molar-refractivity contribution in [3.8, 4) is 6.07 Å². The first kappa shape index (κ1) is 17.8. The van der Waals surface area contributed by atoms with E-state index in [-0.39, 0.29) is 17.1 Å². The van der Waals surface area contributed by atoms with E-state index >= 15 is 0 Å². The lowest BCUT2D eigenvalue weighted by Crippen LogP contribution is -2.26. The molecule has 0 aliphatic rings. The number of rotatable bonds is 3. The van der Waals surface area contributed by atoms with E-state index in [1.54, 1.807) is 0 Å². The van der Waals surface area contributed by atoms with Gasteiger partial charge < -0.3 is 5.32 Å². The highest BCUT2D eigenvalue weighted by Crippen LogP contribution is 2.36. The third-order valence-electron chi connectivity index (χ3n) is 3.39. The minimum absolute atomic E-state index is 0.0113. The average Bonchev–Trinajstić information content (AvgIpc) is 3.00. The Bertz CT molecular complexity index is 832. The van der Waals surface area contributed by atoms with E-state index in [2.05, 4.69) is 15.5 Å². The van der Waals surface area contributed by atoms with Crippen molar-refractivity contribution >= 4 is 23.3 Å². The molecule has 0 saturated carbocycles. The number of halogens is 4. The number of alkyl halides is 3. The van der Waals surface area contributed by atoms with Crippen LogP contribution in [0.1, 0.15) is 29.9 Å². The van der Waals surface area contributed by atoms with E-state index in [1.165, 1.54) is 31.8 Å². The first-order valence-corrected chi connectivity index (χ1v) is 7.00. The Hall–Kier alpha value is -2.54. The van der Waals surface area contributed by atoms with Crippen LogP contribution >= 0.6 is 11.6 Å². The van der Waals surface area contributed by atoms with Gasteiger partial charge in [0, 0.05) is 7.05 Å². The highest BCUT2D eigenvalue weighted by Gasteiger charge is 2.39. The number of hydrogen-bond donors (Lipinski definition) is 1. The van der Waals surface area contributed by atoms with Gasteiger partial charge in [-0.3, -0.25) is 14.2 Å². The highest BCUT2D eigenvalue weighted by molar-refractivity contribution is 6.32. The van der Waals surface area contributed by atoms with Crippen molar-refractivity contribution in [2.75, 3.05) is 5.32 Å². The van der Waals surface area contributed by atoms with Gasteiger partial charge in [-0.15, -0.1) is 0 Å². The second-order valence-electron chi connectivity index (χ2n) is 5.00. The van der Waals surface area contributed by atoms with Crippen LogP contribution < -0.4 is 5.32 Å². The number of aryl methyl sites for hydroxylation is 1. The molecule has 128 valence electrons. The third-order valence-corrected chi connectivity index (χ3v) is 3.85. The summed E-state index contributed by atoms with van der Waals surface area (Å²) in [5.41, 5.74) is -1.11. The molecule has 2 aromatic rings. The van der Waals surface area contributed by atoms with Gasteiger partial charge in [0.15, 0.2) is 5.69 Å². The molecule has 11 heteroatoms. The van der Waals surface area contributed by atoms with E-state index in [9.17, 15) is 18.0 Å². The predicted octanol–water partition coefficient (Wildman–Crippen LogP) is 2.67. The third kappa shape index (κ3) is 3.07. The molecule has 0 bridgehead atoms. The molecular formula is C13H12ClF3N6O. The van der Waals surface area contributed by atoms with E-state index in [1.807, 2.05) is 6.07 Å². The number of anilines is 1. The van der Waals surface area contributed by atoms with Crippen LogP contribution in [-0.4, -0.2) is 25.5 Å². The number of hydrogen-bond acceptors (Lipinski definition) is 4. The lowest BCUT2D eigenvalue weighted by molar-refractivity contribution is -0.141. The molecule has 0 aliphatic heterocycles. The Kier molecular flexibility index (Phi) is 4.57. The Balaban J connectivity index is 2.32. The normalized spacial score (nSPS) is 12.8. The topological polar surface area (TPSA) is 88.5 Å². The number of nitrogens with one attached hydrogen (secondary N) is 1. The lowest BCUT2D eigenvalue weighted by atomic mass is 10.3. The summed E-state index contributed by atoms with van der Waals surface area (Å²) in [4.78, 5) is 12.3. The van der Waals surface area contributed by atoms with Crippen molar-refractivity contribution in [3.05, 3.63) is 28.2 Å². The van der Waals surface area contributed by atoms with Crippen molar-refractivity contribution < 1.29 is 18.0 Å². The van der Waals surface area contributed by atoms with Crippen molar-refractivity contribution in [1.82, 2.24) is 19.6 Å². The van der Waals surface area contributed by atoms with Crippen LogP contribution in [0.3, 0.4) is 0 Å². The van der Waals surface area contributed by atoms with Crippen LogP contribution in [0.15, 0.2) is 6.20 Å². The Morgan fingerprint density at radius 3 is 2.62 bits per heavy atom. The van der Waals surface area contributed by atoms with E-state index in [0.29, 0.717) is 0 Å². The monoisotopic (exact) mass is 360 g/mol. The lowest BCUT2D eigenvalue weighted by Gasteiger charge is -2.14. The van der Waals surface area contributed by atoms with Gasteiger partial charge in [0.2, 0.25) is 5.91 Å². The molecule has 2 aromatic heterocycles. The van der Waals surface area contributed by atoms with Crippen LogP contribution in [0, 0.1) is 18.3 Å². The summed E-state index contributed by atoms with van der Waals surface area (Å²) in [5.74, 6) is -0.521. The van der Waals surface area contributed by atoms with Gasteiger partial charge >= 0.3 is 6.18 Å². The minimum atomic E-state index is -4.72. The molecule has 2 heterocycles. The molecule has 24 heavy (non-hydrogen) atoms. The van der Waals surface area contributed by atoms with Crippen LogP contribution in [0.5, 0.6) is 0 Å². The van der Waals surface area contributed by atoms with Crippen LogP contribution in [0.2, 0.25) is 5.02 Å². The van der Waals surface area contributed by atoms with Crippen LogP contribution in [0.25, 0.3) is 0 Å². The molecule has 0 spiro atoms. The molecule has 1 unspecified atom stereocenters. The van der Waals surface area contributed by atoms with Crippen molar-refractivity contribution in [3.63, 3.8) is 0 Å². The fourth-order valence-electron chi connectivity index (χ4n) is 2.06. The average molecular weight is 361 g/mol. The maximum atomic E-state index is 12.9. The van der Waals surface area contributed by atoms with Crippen LogP contribution in [0.4, 0.5) is 19.0 Å². The number of carbonyl (C=O) groups is 1. The first-order valence-electron chi connectivity index (χ1n) is 6.62. The zero-order valence-electron chi connectivity index (χ0n) is 12.8. The SMILES string of the molecule is Cc1c(Cl)c(C(F)(F)F)nn1C(C)C(=O)Nc1c(C#N)cnn1C. The van der Waals surface area contributed by atoms with Gasteiger partial charge in [0.25, 0.3) is 0 Å². The molecule has 1 amide bonds. The number of carbonyl (C=O) groups excluding carboxylic acids is 1. The van der Waals surface area contributed by atoms with Gasteiger partial charge in [0.1, 0.15) is 23.5 Å². The van der Waals surface area contributed by atoms with Gasteiger partial charge in [-0.05, 0) is 13.8 Å². The molecule has 0 aliphatic carbocycles. The zero-order valence-corrected chi connectivity index (χ0v) is 13.6. The maximum Gasteiger partial charge on any atom is 0.436 e. The van der Waals surface area contributed by atoms with E-state index < -0.39 is 28.8 Å². The van der Waals surface area contributed by atoms with E-state index in [0.717, 1.165) is 4.68 Å². The summed E-state index contributed by atoms with van der Waals surface area (Å²) in [7, 11) is 1.51. The standard InChI is InChI=1S/C13H12ClF3N6O/c1-6-9(14)10(13(15,16)17)21-23(6)7(2)12(24)20-11-8(4-18)5-19-22(11)3/h5,7H,1-3H3,(H,20,24). The molecule has 0 radical (unpaired) electrons. The molecule has 7 nitrogen and oxygen atoms in total. The number of aromatic nitrogens is 4. The van der Waals surface area contributed by atoms with E-state index in [4.69, 9.17) is 16.9 Å². The van der Waals surface area contributed by atoms with Gasteiger partial charge in [0.05, 0.1) is 16.9 Å². The molecule has 1 N–H and O–H groups in total. The number of amides is 1. The van der Waals surface area contributed by atoms with Gasteiger partial charge in [-0.1, -0.05) is 11.6 Å². The largest absolute Gasteiger partial charge is 0.436 e. The summed E-state index contributed by atoms with van der Waals surface area (Å²) >= 11 is 5.67. The molecule has 2 rings (SSSR count). The number of nitriles is 1. The van der Waals surface area contributed by atoms with Crippen LogP contribution in [-0.2, 0) is 18.0 Å². The van der Waals surface area contributed by atoms with Gasteiger partial charge in [-0.2, -0.15) is 28.6 Å². The predicted molar refractivity (Wildman–Crippen MR) is 78.2 cm³/mol. The van der Waals surface area contributed by atoms with Crippen molar-refractivity contribution in [2.24, 2.45) is 7.05 Å². The molecule has 0 fully saturated rings. The maximum absolute atomic E-state index is 12.9. The fraction of sp³-hybridized carbons (Fsp3) is 0.385. The Labute approximate surface area is 139 Å². The zero-order chi connectivity index (χ0) is 18.2. The van der Waals surface area contributed by atoms with Gasteiger partial charge in [-0.25, -0.2) is 0 Å². The van der Waals surface area contributed by atoms with Crippen molar-refractivity contribution in [1.29, 1.82) is 5.26 Å². The number of nitrogens with zero attached hydrogens (tertiary/aromatic N) is 5. The smallest absolute Gasteiger partial charge is 0.308 e. The molecule has 0 aromatic carbocycles. The minimum Gasteiger partial charge on any atom is -0.308 e. The summed E-state index contributed by atoms with van der Waals surface area (Å²) in [6, 6.07) is 0.771. The highest BCUT2D eigenvalue weighted by atomic mass is 35.5. The second-order valence-corrected chi connectivity index (χ2v) is 5.38. The fourth-order valence-corrected chi connectivity index (χ4v) is 2.29. The molecule has 1 atom stereocenters.